The van der Waals surface area contributed by atoms with Crippen molar-refractivity contribution < 1.29 is 12.8 Å². The first-order chi connectivity index (χ1) is 13.4. The fraction of sp³-hybridized carbons (Fsp3) is 0.136. The van der Waals surface area contributed by atoms with Gasteiger partial charge in [-0.15, -0.1) is 0 Å². The minimum atomic E-state index is -3.83. The third-order valence-corrected chi connectivity index (χ3v) is 6.50. The minimum Gasteiger partial charge on any atom is -0.257 e. The van der Waals surface area contributed by atoms with E-state index in [1.54, 1.807) is 36.4 Å². The van der Waals surface area contributed by atoms with Crippen LogP contribution in [0.3, 0.4) is 0 Å². The summed E-state index contributed by atoms with van der Waals surface area (Å²) in [6, 6.07) is 21.7. The van der Waals surface area contributed by atoms with Crippen molar-refractivity contribution in [3.05, 3.63) is 101 Å². The smallest absolute Gasteiger partial charge is 0.257 e. The largest absolute Gasteiger partial charge is 0.265 e. The van der Waals surface area contributed by atoms with Crippen LogP contribution in [0, 0.1) is 12.7 Å². The van der Waals surface area contributed by atoms with E-state index in [4.69, 9.17) is 0 Å². The Morgan fingerprint density at radius 2 is 1.68 bits per heavy atom. The molecule has 0 amide bonds. The molecule has 0 bridgehead atoms. The minimum absolute atomic E-state index is 0.173. The van der Waals surface area contributed by atoms with Crippen LogP contribution in [0.25, 0.3) is 0 Å². The first-order valence-corrected chi connectivity index (χ1v) is 10.4. The summed E-state index contributed by atoms with van der Waals surface area (Å²) in [5.41, 5.74) is 2.33. The second kappa shape index (κ2) is 7.20. The van der Waals surface area contributed by atoms with E-state index in [0.717, 1.165) is 11.1 Å². The molecular weight excluding hydrogens is 375 g/mol. The topological polar surface area (TPSA) is 49.7 Å². The number of rotatable bonds is 4. The Balaban J connectivity index is 1.80. The second-order valence-corrected chi connectivity index (χ2v) is 8.60. The molecule has 6 heteroatoms. The number of amidine groups is 1. The van der Waals surface area contributed by atoms with Gasteiger partial charge in [0.15, 0.2) is 0 Å². The molecule has 1 atom stereocenters. The van der Waals surface area contributed by atoms with Gasteiger partial charge in [0.25, 0.3) is 10.0 Å². The van der Waals surface area contributed by atoms with Crippen LogP contribution < -0.4 is 0 Å². The number of nitrogens with zero attached hydrogens (tertiary/aromatic N) is 2. The summed E-state index contributed by atoms with van der Waals surface area (Å²) in [6.07, 6.45) is 0. The highest BCUT2D eigenvalue weighted by atomic mass is 32.2. The number of hydrogen-bond donors (Lipinski definition) is 0. The van der Waals surface area contributed by atoms with Gasteiger partial charge in [-0.25, -0.2) is 17.1 Å². The van der Waals surface area contributed by atoms with Crippen LogP contribution in [0.2, 0.25) is 0 Å². The number of hydrogen-bond acceptors (Lipinski definition) is 3. The number of halogens is 1. The maximum atomic E-state index is 13.8. The predicted molar refractivity (Wildman–Crippen MR) is 107 cm³/mol. The molecule has 4 rings (SSSR count). The van der Waals surface area contributed by atoms with Crippen molar-refractivity contribution in [2.45, 2.75) is 17.9 Å². The highest BCUT2D eigenvalue weighted by molar-refractivity contribution is 7.89. The molecule has 4 nitrogen and oxygen atoms in total. The third kappa shape index (κ3) is 3.43. The molecule has 0 fully saturated rings. The molecule has 3 aromatic carbocycles. The Morgan fingerprint density at radius 1 is 0.964 bits per heavy atom. The number of sulfonamides is 1. The van der Waals surface area contributed by atoms with Crippen LogP contribution in [0.1, 0.15) is 22.7 Å². The van der Waals surface area contributed by atoms with Gasteiger partial charge < -0.3 is 0 Å². The van der Waals surface area contributed by atoms with Crippen LogP contribution in [-0.2, 0) is 10.0 Å². The average Bonchev–Trinajstić information content (AvgIpc) is 3.15. The molecule has 1 aliphatic heterocycles. The lowest BCUT2D eigenvalue weighted by Gasteiger charge is -2.21. The molecule has 0 aromatic heterocycles. The molecule has 0 radical (unpaired) electrons. The first-order valence-electron chi connectivity index (χ1n) is 8.93. The van der Waals surface area contributed by atoms with Crippen LogP contribution in [0.5, 0.6) is 0 Å². The van der Waals surface area contributed by atoms with Gasteiger partial charge in [0.1, 0.15) is 11.7 Å². The van der Waals surface area contributed by atoms with Gasteiger partial charge in [0.05, 0.1) is 17.5 Å². The van der Waals surface area contributed by atoms with Crippen molar-refractivity contribution in [1.82, 2.24) is 4.31 Å². The van der Waals surface area contributed by atoms with E-state index in [1.165, 1.54) is 16.4 Å². The maximum Gasteiger partial charge on any atom is 0.265 e. The van der Waals surface area contributed by atoms with Crippen LogP contribution in [0.15, 0.2) is 88.8 Å². The van der Waals surface area contributed by atoms with Crippen molar-refractivity contribution in [3.63, 3.8) is 0 Å². The Bertz CT molecular complexity index is 1130. The van der Waals surface area contributed by atoms with E-state index in [9.17, 15) is 12.8 Å². The number of aliphatic imine (C=N–C) groups is 1. The SMILES string of the molecule is Cc1ccc(S(=O)(=O)N2CC(c3ccccc3)N=C2c2cccc(F)c2)cc1. The zero-order valence-electron chi connectivity index (χ0n) is 15.3. The summed E-state index contributed by atoms with van der Waals surface area (Å²) in [4.78, 5) is 4.85. The summed E-state index contributed by atoms with van der Waals surface area (Å²) < 4.78 is 41.8. The summed E-state index contributed by atoms with van der Waals surface area (Å²) in [5, 5.41) is 0. The second-order valence-electron chi connectivity index (χ2n) is 6.74. The summed E-state index contributed by atoms with van der Waals surface area (Å²) >= 11 is 0. The molecule has 1 unspecified atom stereocenters. The third-order valence-electron chi connectivity index (χ3n) is 4.73. The van der Waals surface area contributed by atoms with E-state index in [2.05, 4.69) is 4.99 Å². The van der Waals surface area contributed by atoms with Gasteiger partial charge in [-0.3, -0.25) is 4.99 Å². The Hall–Kier alpha value is -2.99. The van der Waals surface area contributed by atoms with Gasteiger partial charge in [-0.1, -0.05) is 60.2 Å². The lowest BCUT2D eigenvalue weighted by Crippen LogP contribution is -2.35. The van der Waals surface area contributed by atoms with E-state index >= 15 is 0 Å². The molecule has 142 valence electrons. The molecular formula is C22H19FN2O2S. The van der Waals surface area contributed by atoms with Crippen molar-refractivity contribution in [2.75, 3.05) is 6.54 Å². The van der Waals surface area contributed by atoms with Crippen LogP contribution in [0.4, 0.5) is 4.39 Å². The normalized spacial score (nSPS) is 16.9. The predicted octanol–water partition coefficient (Wildman–Crippen LogP) is 4.33. The molecule has 3 aromatic rings. The van der Waals surface area contributed by atoms with Gasteiger partial charge in [-0.2, -0.15) is 0 Å². The fourth-order valence-electron chi connectivity index (χ4n) is 3.25. The number of benzene rings is 3. The summed E-state index contributed by atoms with van der Waals surface area (Å²) in [7, 11) is -3.83. The summed E-state index contributed by atoms with van der Waals surface area (Å²) in [5.74, 6) is -0.176. The molecule has 0 N–H and O–H groups in total. The van der Waals surface area contributed by atoms with Crippen LogP contribution >= 0.6 is 0 Å². The van der Waals surface area contributed by atoms with Gasteiger partial charge >= 0.3 is 0 Å². The van der Waals surface area contributed by atoms with E-state index < -0.39 is 15.8 Å². The van der Waals surface area contributed by atoms with Gasteiger partial charge in [-0.05, 0) is 36.8 Å². The Labute approximate surface area is 164 Å². The molecule has 1 aliphatic rings. The lowest BCUT2D eigenvalue weighted by molar-refractivity contribution is 0.520. The molecule has 0 saturated heterocycles. The molecule has 28 heavy (non-hydrogen) atoms. The maximum absolute atomic E-state index is 13.8. The van der Waals surface area contributed by atoms with Crippen molar-refractivity contribution in [1.29, 1.82) is 0 Å². The Kier molecular flexibility index (Phi) is 4.73. The highest BCUT2D eigenvalue weighted by Crippen LogP contribution is 2.31. The standard InChI is InChI=1S/C22H19FN2O2S/c1-16-10-12-20(13-11-16)28(26,27)25-15-21(17-6-3-2-4-7-17)24-22(25)18-8-5-9-19(23)14-18/h2-14,21H,15H2,1H3. The Morgan fingerprint density at radius 3 is 2.36 bits per heavy atom. The van der Waals surface area contributed by atoms with Crippen LogP contribution in [-0.4, -0.2) is 25.1 Å². The molecule has 1 heterocycles. The van der Waals surface area contributed by atoms with Gasteiger partial charge in [0, 0.05) is 5.56 Å². The van der Waals surface area contributed by atoms with Crippen molar-refractivity contribution in [3.8, 4) is 0 Å². The van der Waals surface area contributed by atoms with Gasteiger partial charge in [0.2, 0.25) is 0 Å². The first kappa shape index (κ1) is 18.4. The molecule has 0 aliphatic carbocycles. The lowest BCUT2D eigenvalue weighted by atomic mass is 10.1. The molecule has 0 saturated carbocycles. The highest BCUT2D eigenvalue weighted by Gasteiger charge is 2.36. The van der Waals surface area contributed by atoms with E-state index in [-0.39, 0.29) is 23.3 Å². The quantitative estimate of drug-likeness (QED) is 0.661. The van der Waals surface area contributed by atoms with E-state index in [0.29, 0.717) is 5.56 Å². The zero-order chi connectivity index (χ0) is 19.7. The van der Waals surface area contributed by atoms with Crippen molar-refractivity contribution in [2.24, 2.45) is 4.99 Å². The van der Waals surface area contributed by atoms with Crippen molar-refractivity contribution >= 4 is 15.9 Å². The number of aryl methyl sites for hydroxylation is 1. The zero-order valence-corrected chi connectivity index (χ0v) is 16.1. The average molecular weight is 394 g/mol. The van der Waals surface area contributed by atoms with E-state index in [1.807, 2.05) is 37.3 Å². The fourth-order valence-corrected chi connectivity index (χ4v) is 4.70. The monoisotopic (exact) mass is 394 g/mol. The summed E-state index contributed by atoms with van der Waals surface area (Å²) in [6.45, 7) is 2.07. The molecule has 0 spiro atoms.